The molecule has 0 radical (unpaired) electrons. The number of methoxy groups -OCH3 is 1. The molecule has 0 aliphatic heterocycles. The molecule has 1 aromatic carbocycles. The molecule has 2 rings (SSSR count). The first-order valence-electron chi connectivity index (χ1n) is 8.73. The van der Waals surface area contributed by atoms with Gasteiger partial charge in [-0.25, -0.2) is 0 Å². The normalized spacial score (nSPS) is 22.5. The van der Waals surface area contributed by atoms with Crippen LogP contribution in [-0.4, -0.2) is 40.6 Å². The van der Waals surface area contributed by atoms with Crippen LogP contribution in [0.5, 0.6) is 0 Å². The number of hydrogen-bond acceptors (Lipinski definition) is 5. The molecule has 138 valence electrons. The standard InChI is InChI=1S/C20H28O5/c1-12-8-14-5-4-13(2)17(20(14)18(23)9-12)7-6-15(21)10-16(22)11-19(24)25-3/h4-7,12,15-16,18,21-23H,8-11H2,1-3H3/b7-6+/t12-,15-,16-,18+/m1/s1. The minimum atomic E-state index is -0.954. The van der Waals surface area contributed by atoms with E-state index < -0.39 is 24.3 Å². The van der Waals surface area contributed by atoms with Gasteiger partial charge in [-0.15, -0.1) is 0 Å². The van der Waals surface area contributed by atoms with Gasteiger partial charge in [0, 0.05) is 6.42 Å². The Bertz CT molecular complexity index is 637. The fourth-order valence-corrected chi connectivity index (χ4v) is 3.46. The predicted octanol–water partition coefficient (Wildman–Crippen LogP) is 2.30. The van der Waals surface area contributed by atoms with Crippen LogP contribution < -0.4 is 0 Å². The number of esters is 1. The van der Waals surface area contributed by atoms with Crippen molar-refractivity contribution in [3.05, 3.63) is 40.5 Å². The summed E-state index contributed by atoms with van der Waals surface area (Å²) in [6, 6.07) is 4.10. The number of ether oxygens (including phenoxy) is 1. The van der Waals surface area contributed by atoms with Crippen LogP contribution in [0.4, 0.5) is 0 Å². The Morgan fingerprint density at radius 1 is 1.40 bits per heavy atom. The van der Waals surface area contributed by atoms with E-state index >= 15 is 0 Å². The summed E-state index contributed by atoms with van der Waals surface area (Å²) in [6.45, 7) is 4.11. The molecule has 1 aliphatic carbocycles. The van der Waals surface area contributed by atoms with Crippen LogP contribution >= 0.6 is 0 Å². The number of carbonyl (C=O) groups is 1. The summed E-state index contributed by atoms with van der Waals surface area (Å²) in [6.07, 6.45) is 2.67. The van der Waals surface area contributed by atoms with Crippen molar-refractivity contribution in [2.24, 2.45) is 5.92 Å². The van der Waals surface area contributed by atoms with E-state index in [0.29, 0.717) is 5.92 Å². The number of hydrogen-bond donors (Lipinski definition) is 3. The number of benzene rings is 1. The highest BCUT2D eigenvalue weighted by atomic mass is 16.5. The highest BCUT2D eigenvalue weighted by molar-refractivity contribution is 5.69. The molecule has 0 amide bonds. The number of rotatable bonds is 6. The van der Waals surface area contributed by atoms with Crippen molar-refractivity contribution in [2.45, 2.75) is 57.8 Å². The quantitative estimate of drug-likeness (QED) is 0.687. The number of aliphatic hydroxyl groups excluding tert-OH is 3. The minimum Gasteiger partial charge on any atom is -0.469 e. The number of fused-ring (bicyclic) bond motifs is 1. The first-order chi connectivity index (χ1) is 11.8. The third-order valence-electron chi connectivity index (χ3n) is 4.75. The molecular formula is C20H28O5. The van der Waals surface area contributed by atoms with E-state index in [1.165, 1.54) is 7.11 Å². The second-order valence-corrected chi connectivity index (χ2v) is 7.03. The summed E-state index contributed by atoms with van der Waals surface area (Å²) in [4.78, 5) is 11.1. The molecule has 0 unspecified atom stereocenters. The number of aryl methyl sites for hydroxylation is 1. The summed E-state index contributed by atoms with van der Waals surface area (Å²) >= 11 is 0. The van der Waals surface area contributed by atoms with Gasteiger partial charge in [-0.1, -0.05) is 31.2 Å². The van der Waals surface area contributed by atoms with E-state index in [-0.39, 0.29) is 12.8 Å². The molecule has 1 aromatic rings. The molecule has 1 aliphatic rings. The third kappa shape index (κ3) is 5.14. The zero-order chi connectivity index (χ0) is 18.6. The van der Waals surface area contributed by atoms with Crippen molar-refractivity contribution in [3.63, 3.8) is 0 Å². The van der Waals surface area contributed by atoms with Gasteiger partial charge in [0.05, 0.1) is 31.8 Å². The van der Waals surface area contributed by atoms with Gasteiger partial charge in [-0.05, 0) is 47.9 Å². The molecule has 0 aromatic heterocycles. The molecule has 0 fully saturated rings. The van der Waals surface area contributed by atoms with Crippen molar-refractivity contribution >= 4 is 12.0 Å². The SMILES string of the molecule is COC(=O)C[C@H](O)C[C@H](O)/C=C/c1c(C)ccc2c1[C@@H](O)C[C@H](C)C2. The van der Waals surface area contributed by atoms with Crippen LogP contribution in [0.1, 0.15) is 54.5 Å². The maximum atomic E-state index is 11.1. The number of aliphatic hydroxyl groups is 3. The van der Waals surface area contributed by atoms with Crippen LogP contribution in [0.25, 0.3) is 6.08 Å². The Hall–Kier alpha value is -1.69. The van der Waals surface area contributed by atoms with Gasteiger partial charge in [-0.2, -0.15) is 0 Å². The van der Waals surface area contributed by atoms with E-state index in [0.717, 1.165) is 35.1 Å². The summed E-state index contributed by atoms with van der Waals surface area (Å²) < 4.78 is 4.50. The van der Waals surface area contributed by atoms with E-state index in [2.05, 4.69) is 17.7 Å². The van der Waals surface area contributed by atoms with Gasteiger partial charge in [0.1, 0.15) is 0 Å². The Morgan fingerprint density at radius 3 is 2.80 bits per heavy atom. The molecule has 5 nitrogen and oxygen atoms in total. The Morgan fingerprint density at radius 2 is 2.12 bits per heavy atom. The first-order valence-corrected chi connectivity index (χ1v) is 8.73. The molecule has 0 spiro atoms. The average Bonchev–Trinajstić information content (AvgIpc) is 2.53. The molecule has 0 saturated heterocycles. The smallest absolute Gasteiger partial charge is 0.308 e. The zero-order valence-electron chi connectivity index (χ0n) is 15.1. The van der Waals surface area contributed by atoms with Gasteiger partial charge in [0.2, 0.25) is 0 Å². The molecule has 0 saturated carbocycles. The van der Waals surface area contributed by atoms with E-state index in [4.69, 9.17) is 0 Å². The lowest BCUT2D eigenvalue weighted by Crippen LogP contribution is -2.20. The average molecular weight is 348 g/mol. The van der Waals surface area contributed by atoms with Crippen molar-refractivity contribution in [1.82, 2.24) is 0 Å². The Kier molecular flexibility index (Phi) is 6.76. The molecule has 4 atom stereocenters. The lowest BCUT2D eigenvalue weighted by molar-refractivity contribution is -0.143. The minimum absolute atomic E-state index is 0.0548. The lowest BCUT2D eigenvalue weighted by Gasteiger charge is -2.28. The molecule has 5 heteroatoms. The summed E-state index contributed by atoms with van der Waals surface area (Å²) in [5, 5.41) is 30.4. The highest BCUT2D eigenvalue weighted by Gasteiger charge is 2.25. The monoisotopic (exact) mass is 348 g/mol. The molecule has 0 bridgehead atoms. The zero-order valence-corrected chi connectivity index (χ0v) is 15.1. The lowest BCUT2D eigenvalue weighted by atomic mass is 9.79. The third-order valence-corrected chi connectivity index (χ3v) is 4.75. The van der Waals surface area contributed by atoms with Crippen LogP contribution in [0.2, 0.25) is 0 Å². The van der Waals surface area contributed by atoms with E-state index in [9.17, 15) is 20.1 Å². The summed E-state index contributed by atoms with van der Waals surface area (Å²) in [7, 11) is 1.26. The molecule has 25 heavy (non-hydrogen) atoms. The maximum Gasteiger partial charge on any atom is 0.308 e. The van der Waals surface area contributed by atoms with Gasteiger partial charge >= 0.3 is 5.97 Å². The van der Waals surface area contributed by atoms with Crippen LogP contribution in [0, 0.1) is 12.8 Å². The fourth-order valence-electron chi connectivity index (χ4n) is 3.46. The van der Waals surface area contributed by atoms with Crippen LogP contribution in [-0.2, 0) is 16.0 Å². The van der Waals surface area contributed by atoms with Gasteiger partial charge in [-0.3, -0.25) is 4.79 Å². The summed E-state index contributed by atoms with van der Waals surface area (Å²) in [5.41, 5.74) is 4.05. The molecule has 3 N–H and O–H groups in total. The fraction of sp³-hybridized carbons (Fsp3) is 0.550. The Labute approximate surface area is 149 Å². The van der Waals surface area contributed by atoms with E-state index in [1.54, 1.807) is 6.08 Å². The van der Waals surface area contributed by atoms with Crippen LogP contribution in [0.3, 0.4) is 0 Å². The van der Waals surface area contributed by atoms with Crippen molar-refractivity contribution in [2.75, 3.05) is 7.11 Å². The second-order valence-electron chi connectivity index (χ2n) is 7.03. The van der Waals surface area contributed by atoms with E-state index in [1.807, 2.05) is 19.1 Å². The largest absolute Gasteiger partial charge is 0.469 e. The maximum absolute atomic E-state index is 11.1. The van der Waals surface area contributed by atoms with Gasteiger partial charge < -0.3 is 20.1 Å². The Balaban J connectivity index is 2.13. The topological polar surface area (TPSA) is 87.0 Å². The number of carbonyl (C=O) groups excluding carboxylic acids is 1. The first kappa shape index (κ1) is 19.6. The van der Waals surface area contributed by atoms with Crippen molar-refractivity contribution in [3.8, 4) is 0 Å². The molecule has 0 heterocycles. The molecular weight excluding hydrogens is 320 g/mol. The predicted molar refractivity (Wildman–Crippen MR) is 95.9 cm³/mol. The summed E-state index contributed by atoms with van der Waals surface area (Å²) in [5.74, 6) is -0.0602. The van der Waals surface area contributed by atoms with Crippen molar-refractivity contribution < 1.29 is 24.9 Å². The van der Waals surface area contributed by atoms with Gasteiger partial charge in [0.25, 0.3) is 0 Å². The second kappa shape index (κ2) is 8.61. The highest BCUT2D eigenvalue weighted by Crippen LogP contribution is 2.37. The van der Waals surface area contributed by atoms with Gasteiger partial charge in [0.15, 0.2) is 0 Å². The van der Waals surface area contributed by atoms with Crippen LogP contribution in [0.15, 0.2) is 18.2 Å². The van der Waals surface area contributed by atoms with Crippen molar-refractivity contribution in [1.29, 1.82) is 0 Å².